The standard InChI is InChI=1S/C16H23NO3/c1-19-15-6-5-13(10-16(15)20-2)7-9-17-8-3-4-14(11-17)12-18/h5-6,10,12,14H,3-4,7-9,11H2,1-2H3. The first-order valence-corrected chi connectivity index (χ1v) is 7.15. The Morgan fingerprint density at radius 3 is 2.80 bits per heavy atom. The predicted octanol–water partition coefficient (Wildman–Crippen LogP) is 2.16. The van der Waals surface area contributed by atoms with Crippen molar-refractivity contribution in [1.29, 1.82) is 0 Å². The minimum atomic E-state index is 0.217. The van der Waals surface area contributed by atoms with Crippen LogP contribution < -0.4 is 9.47 Å². The van der Waals surface area contributed by atoms with Crippen LogP contribution in [0.2, 0.25) is 0 Å². The number of rotatable bonds is 6. The van der Waals surface area contributed by atoms with Gasteiger partial charge in [0.05, 0.1) is 14.2 Å². The van der Waals surface area contributed by atoms with Gasteiger partial charge in [-0.1, -0.05) is 6.07 Å². The number of nitrogens with zero attached hydrogens (tertiary/aromatic N) is 1. The van der Waals surface area contributed by atoms with E-state index in [0.29, 0.717) is 0 Å². The van der Waals surface area contributed by atoms with Crippen molar-refractivity contribution in [2.75, 3.05) is 33.9 Å². The predicted molar refractivity (Wildman–Crippen MR) is 78.5 cm³/mol. The molecular weight excluding hydrogens is 254 g/mol. The normalized spacial score (nSPS) is 19.6. The summed E-state index contributed by atoms with van der Waals surface area (Å²) in [5.74, 6) is 1.75. The largest absolute Gasteiger partial charge is 0.493 e. The van der Waals surface area contributed by atoms with Crippen molar-refractivity contribution < 1.29 is 14.3 Å². The molecule has 4 nitrogen and oxygen atoms in total. The fraction of sp³-hybridized carbons (Fsp3) is 0.562. The van der Waals surface area contributed by atoms with Crippen LogP contribution in [0.4, 0.5) is 0 Å². The monoisotopic (exact) mass is 277 g/mol. The van der Waals surface area contributed by atoms with Gasteiger partial charge >= 0.3 is 0 Å². The van der Waals surface area contributed by atoms with Gasteiger partial charge in [-0.3, -0.25) is 0 Å². The van der Waals surface area contributed by atoms with Crippen molar-refractivity contribution in [2.24, 2.45) is 5.92 Å². The summed E-state index contributed by atoms with van der Waals surface area (Å²) >= 11 is 0. The number of piperidine rings is 1. The number of hydrogen-bond donors (Lipinski definition) is 0. The molecule has 0 bridgehead atoms. The van der Waals surface area contributed by atoms with Crippen LogP contribution in [0.3, 0.4) is 0 Å². The van der Waals surface area contributed by atoms with Gasteiger partial charge in [-0.15, -0.1) is 0 Å². The molecule has 2 rings (SSSR count). The van der Waals surface area contributed by atoms with Crippen molar-refractivity contribution in [1.82, 2.24) is 4.90 Å². The van der Waals surface area contributed by atoms with Gasteiger partial charge in [0.1, 0.15) is 6.29 Å². The second kappa shape index (κ2) is 7.29. The summed E-state index contributed by atoms with van der Waals surface area (Å²) in [6.45, 7) is 2.98. The molecule has 1 aliphatic rings. The Balaban J connectivity index is 1.91. The summed E-state index contributed by atoms with van der Waals surface area (Å²) in [7, 11) is 3.30. The molecule has 1 atom stereocenters. The highest BCUT2D eigenvalue weighted by Gasteiger charge is 2.18. The van der Waals surface area contributed by atoms with E-state index in [1.54, 1.807) is 14.2 Å². The van der Waals surface area contributed by atoms with Crippen molar-refractivity contribution in [3.63, 3.8) is 0 Å². The van der Waals surface area contributed by atoms with E-state index in [2.05, 4.69) is 11.0 Å². The van der Waals surface area contributed by atoms with E-state index in [-0.39, 0.29) is 5.92 Å². The SMILES string of the molecule is COc1ccc(CCN2CCCC(C=O)C2)cc1OC. The van der Waals surface area contributed by atoms with Crippen LogP contribution >= 0.6 is 0 Å². The van der Waals surface area contributed by atoms with E-state index in [1.165, 1.54) is 5.56 Å². The Hall–Kier alpha value is -1.55. The molecule has 110 valence electrons. The Morgan fingerprint density at radius 1 is 1.30 bits per heavy atom. The highest BCUT2D eigenvalue weighted by atomic mass is 16.5. The maximum Gasteiger partial charge on any atom is 0.160 e. The molecule has 0 saturated carbocycles. The zero-order chi connectivity index (χ0) is 14.4. The molecule has 0 aliphatic carbocycles. The van der Waals surface area contributed by atoms with Crippen molar-refractivity contribution >= 4 is 6.29 Å². The molecule has 1 aromatic carbocycles. The lowest BCUT2D eigenvalue weighted by molar-refractivity contribution is -0.112. The minimum absolute atomic E-state index is 0.217. The lowest BCUT2D eigenvalue weighted by atomic mass is 9.99. The third kappa shape index (κ3) is 3.73. The van der Waals surface area contributed by atoms with Gasteiger partial charge in [-0.25, -0.2) is 0 Å². The lowest BCUT2D eigenvalue weighted by Gasteiger charge is -2.30. The van der Waals surface area contributed by atoms with Crippen LogP contribution in [0.1, 0.15) is 18.4 Å². The van der Waals surface area contributed by atoms with Crippen LogP contribution in [-0.4, -0.2) is 45.0 Å². The molecule has 1 saturated heterocycles. The third-order valence-corrected chi connectivity index (χ3v) is 3.90. The number of likely N-dealkylation sites (tertiary alicyclic amines) is 1. The molecule has 0 spiro atoms. The van der Waals surface area contributed by atoms with E-state index in [1.807, 2.05) is 12.1 Å². The Kier molecular flexibility index (Phi) is 5.41. The number of hydrogen-bond acceptors (Lipinski definition) is 4. The van der Waals surface area contributed by atoms with Crippen LogP contribution in [0.5, 0.6) is 11.5 Å². The molecule has 1 aromatic rings. The summed E-state index contributed by atoms with van der Waals surface area (Å²) in [6, 6.07) is 6.04. The molecule has 1 unspecified atom stereocenters. The van der Waals surface area contributed by atoms with Crippen LogP contribution in [0.15, 0.2) is 18.2 Å². The van der Waals surface area contributed by atoms with Gasteiger partial charge in [0.25, 0.3) is 0 Å². The summed E-state index contributed by atoms with van der Waals surface area (Å²) in [5, 5.41) is 0. The maximum atomic E-state index is 10.9. The molecule has 1 heterocycles. The second-order valence-corrected chi connectivity index (χ2v) is 5.28. The summed E-state index contributed by atoms with van der Waals surface area (Å²) in [6.07, 6.45) is 4.22. The zero-order valence-electron chi connectivity index (χ0n) is 12.3. The first-order chi connectivity index (χ1) is 9.76. The molecular formula is C16H23NO3. The summed E-state index contributed by atoms with van der Waals surface area (Å²) in [5.41, 5.74) is 1.23. The van der Waals surface area contributed by atoms with E-state index in [0.717, 1.165) is 56.7 Å². The lowest BCUT2D eigenvalue weighted by Crippen LogP contribution is -2.37. The average Bonchev–Trinajstić information content (AvgIpc) is 2.52. The minimum Gasteiger partial charge on any atom is -0.493 e. The van der Waals surface area contributed by atoms with Gasteiger partial charge in [-0.2, -0.15) is 0 Å². The number of carbonyl (C=O) groups is 1. The number of methoxy groups -OCH3 is 2. The van der Waals surface area contributed by atoms with Crippen molar-refractivity contribution in [2.45, 2.75) is 19.3 Å². The Morgan fingerprint density at radius 2 is 2.10 bits per heavy atom. The Bertz CT molecular complexity index is 447. The Labute approximate surface area is 120 Å². The summed E-state index contributed by atoms with van der Waals surface area (Å²) < 4.78 is 10.6. The molecule has 20 heavy (non-hydrogen) atoms. The summed E-state index contributed by atoms with van der Waals surface area (Å²) in [4.78, 5) is 13.3. The van der Waals surface area contributed by atoms with E-state index >= 15 is 0 Å². The van der Waals surface area contributed by atoms with E-state index in [4.69, 9.17) is 9.47 Å². The van der Waals surface area contributed by atoms with Crippen molar-refractivity contribution in [3.8, 4) is 11.5 Å². The third-order valence-electron chi connectivity index (χ3n) is 3.90. The first kappa shape index (κ1) is 14.9. The second-order valence-electron chi connectivity index (χ2n) is 5.28. The van der Waals surface area contributed by atoms with Crippen LogP contribution in [0, 0.1) is 5.92 Å². The van der Waals surface area contributed by atoms with Gasteiger partial charge in [0.15, 0.2) is 11.5 Å². The van der Waals surface area contributed by atoms with Gasteiger partial charge in [0.2, 0.25) is 0 Å². The number of benzene rings is 1. The maximum absolute atomic E-state index is 10.9. The molecule has 4 heteroatoms. The highest BCUT2D eigenvalue weighted by Crippen LogP contribution is 2.27. The van der Waals surface area contributed by atoms with Crippen LogP contribution in [-0.2, 0) is 11.2 Å². The quantitative estimate of drug-likeness (QED) is 0.747. The molecule has 0 N–H and O–H groups in total. The first-order valence-electron chi connectivity index (χ1n) is 7.15. The number of carbonyl (C=O) groups excluding carboxylic acids is 1. The van der Waals surface area contributed by atoms with Gasteiger partial charge in [-0.05, 0) is 43.5 Å². The topological polar surface area (TPSA) is 38.8 Å². The number of ether oxygens (including phenoxy) is 2. The van der Waals surface area contributed by atoms with Crippen LogP contribution in [0.25, 0.3) is 0 Å². The fourth-order valence-electron chi connectivity index (χ4n) is 2.73. The van der Waals surface area contributed by atoms with E-state index < -0.39 is 0 Å². The molecule has 1 fully saturated rings. The number of aldehydes is 1. The van der Waals surface area contributed by atoms with E-state index in [9.17, 15) is 4.79 Å². The zero-order valence-corrected chi connectivity index (χ0v) is 12.3. The molecule has 0 radical (unpaired) electrons. The highest BCUT2D eigenvalue weighted by molar-refractivity contribution is 5.53. The molecule has 0 aromatic heterocycles. The molecule has 1 aliphatic heterocycles. The smallest absolute Gasteiger partial charge is 0.160 e. The fourth-order valence-corrected chi connectivity index (χ4v) is 2.73. The average molecular weight is 277 g/mol. The van der Waals surface area contributed by atoms with Gasteiger partial charge in [0, 0.05) is 19.0 Å². The van der Waals surface area contributed by atoms with Gasteiger partial charge < -0.3 is 19.2 Å². The van der Waals surface area contributed by atoms with Crippen molar-refractivity contribution in [3.05, 3.63) is 23.8 Å². The molecule has 0 amide bonds.